The Kier molecular flexibility index (Phi) is 3.99. The number of aromatic nitrogens is 1. The molecule has 0 aliphatic heterocycles. The average molecular weight is 313 g/mol. The molecule has 0 spiro atoms. The van der Waals surface area contributed by atoms with Crippen molar-refractivity contribution in [2.24, 2.45) is 0 Å². The number of aromatic carboxylic acids is 1. The standard InChI is InChI=1S/C13H9F2NO4S/c14-9-3-4-10(12(15)11(9)13(17)18)21(19,20)7-8-2-1-5-16-6-8/h1-6H,7H2,(H,17,18). The SMILES string of the molecule is O=C(O)c1c(F)ccc(S(=O)(=O)Cc2cccnc2)c1F. The molecule has 2 aromatic rings. The number of benzene rings is 1. The summed E-state index contributed by atoms with van der Waals surface area (Å²) in [4.78, 5) is 13.7. The van der Waals surface area contributed by atoms with Crippen LogP contribution in [0.15, 0.2) is 41.6 Å². The van der Waals surface area contributed by atoms with Crippen molar-refractivity contribution in [3.05, 3.63) is 59.4 Å². The molecule has 0 aliphatic rings. The highest BCUT2D eigenvalue weighted by atomic mass is 32.2. The molecule has 0 radical (unpaired) electrons. The third-order valence-electron chi connectivity index (χ3n) is 2.68. The highest BCUT2D eigenvalue weighted by Gasteiger charge is 2.27. The van der Waals surface area contributed by atoms with Crippen LogP contribution in [0.2, 0.25) is 0 Å². The average Bonchev–Trinajstić information content (AvgIpc) is 2.38. The third kappa shape index (κ3) is 3.05. The number of nitrogens with zero attached hydrogens (tertiary/aromatic N) is 1. The zero-order chi connectivity index (χ0) is 15.6. The summed E-state index contributed by atoms with van der Waals surface area (Å²) >= 11 is 0. The normalized spacial score (nSPS) is 11.3. The Labute approximate surface area is 118 Å². The first-order valence-electron chi connectivity index (χ1n) is 5.66. The van der Waals surface area contributed by atoms with Crippen molar-refractivity contribution in [3.8, 4) is 0 Å². The van der Waals surface area contributed by atoms with Gasteiger partial charge in [0.1, 0.15) is 16.3 Å². The van der Waals surface area contributed by atoms with E-state index >= 15 is 0 Å². The largest absolute Gasteiger partial charge is 0.477 e. The molecule has 8 heteroatoms. The maximum absolute atomic E-state index is 14.0. The molecule has 0 fully saturated rings. The van der Waals surface area contributed by atoms with Crippen LogP contribution < -0.4 is 0 Å². The number of carboxylic acid groups (broad SMARTS) is 1. The summed E-state index contributed by atoms with van der Waals surface area (Å²) in [6.07, 6.45) is 2.73. The Morgan fingerprint density at radius 1 is 1.24 bits per heavy atom. The van der Waals surface area contributed by atoms with Gasteiger partial charge < -0.3 is 5.11 Å². The molecule has 0 atom stereocenters. The third-order valence-corrected chi connectivity index (χ3v) is 4.38. The van der Waals surface area contributed by atoms with Gasteiger partial charge in [-0.3, -0.25) is 4.98 Å². The van der Waals surface area contributed by atoms with E-state index in [2.05, 4.69) is 4.98 Å². The highest BCUT2D eigenvalue weighted by molar-refractivity contribution is 7.90. The minimum absolute atomic E-state index is 0.304. The van der Waals surface area contributed by atoms with Crippen LogP contribution in [0.25, 0.3) is 0 Å². The summed E-state index contributed by atoms with van der Waals surface area (Å²) in [5, 5.41) is 8.74. The Balaban J connectivity index is 2.51. The number of halogens is 2. The fourth-order valence-corrected chi connectivity index (χ4v) is 3.17. The highest BCUT2D eigenvalue weighted by Crippen LogP contribution is 2.24. The molecule has 110 valence electrons. The lowest BCUT2D eigenvalue weighted by atomic mass is 10.2. The number of rotatable bonds is 4. The van der Waals surface area contributed by atoms with Crippen molar-refractivity contribution in [1.82, 2.24) is 4.98 Å². The predicted molar refractivity (Wildman–Crippen MR) is 68.4 cm³/mol. The first-order valence-corrected chi connectivity index (χ1v) is 7.31. The molecule has 0 aliphatic carbocycles. The van der Waals surface area contributed by atoms with Gasteiger partial charge >= 0.3 is 5.97 Å². The lowest BCUT2D eigenvalue weighted by molar-refractivity contribution is 0.0685. The molecule has 1 heterocycles. The van der Waals surface area contributed by atoms with E-state index < -0.39 is 43.7 Å². The Morgan fingerprint density at radius 3 is 2.52 bits per heavy atom. The van der Waals surface area contributed by atoms with Crippen LogP contribution in [0.4, 0.5) is 8.78 Å². The summed E-state index contributed by atoms with van der Waals surface area (Å²) in [5.74, 6) is -5.38. The van der Waals surface area contributed by atoms with Gasteiger partial charge in [0.05, 0.1) is 5.75 Å². The molecule has 0 saturated carbocycles. The number of hydrogen-bond acceptors (Lipinski definition) is 4. The molecule has 0 saturated heterocycles. The van der Waals surface area contributed by atoms with Gasteiger partial charge in [0, 0.05) is 12.4 Å². The van der Waals surface area contributed by atoms with Crippen molar-refractivity contribution in [3.63, 3.8) is 0 Å². The molecular weight excluding hydrogens is 304 g/mol. The van der Waals surface area contributed by atoms with Crippen molar-refractivity contribution in [1.29, 1.82) is 0 Å². The summed E-state index contributed by atoms with van der Waals surface area (Å²) in [5.41, 5.74) is -0.986. The fraction of sp³-hybridized carbons (Fsp3) is 0.0769. The van der Waals surface area contributed by atoms with Gasteiger partial charge in [-0.25, -0.2) is 22.0 Å². The zero-order valence-electron chi connectivity index (χ0n) is 10.5. The van der Waals surface area contributed by atoms with Gasteiger partial charge in [-0.2, -0.15) is 0 Å². The topological polar surface area (TPSA) is 84.3 Å². The molecule has 0 bridgehead atoms. The van der Waals surface area contributed by atoms with E-state index in [-0.39, 0.29) is 0 Å². The molecule has 21 heavy (non-hydrogen) atoms. The first kappa shape index (κ1) is 15.0. The van der Waals surface area contributed by atoms with E-state index in [0.717, 1.165) is 0 Å². The summed E-state index contributed by atoms with van der Waals surface area (Å²) in [6, 6.07) is 4.31. The minimum Gasteiger partial charge on any atom is -0.477 e. The van der Waals surface area contributed by atoms with Gasteiger partial charge in [0.15, 0.2) is 15.7 Å². The van der Waals surface area contributed by atoms with Crippen LogP contribution in [0.3, 0.4) is 0 Å². The molecule has 2 rings (SSSR count). The monoisotopic (exact) mass is 313 g/mol. The molecule has 1 N–H and O–H groups in total. The van der Waals surface area contributed by atoms with Crippen LogP contribution in [0, 0.1) is 11.6 Å². The van der Waals surface area contributed by atoms with Crippen molar-refractivity contribution in [2.45, 2.75) is 10.6 Å². The van der Waals surface area contributed by atoms with Crippen LogP contribution in [0.1, 0.15) is 15.9 Å². The summed E-state index contributed by atoms with van der Waals surface area (Å²) < 4.78 is 51.5. The van der Waals surface area contributed by atoms with Crippen LogP contribution in [0.5, 0.6) is 0 Å². The zero-order valence-corrected chi connectivity index (χ0v) is 11.3. The van der Waals surface area contributed by atoms with Crippen LogP contribution >= 0.6 is 0 Å². The van der Waals surface area contributed by atoms with E-state index in [1.165, 1.54) is 24.5 Å². The summed E-state index contributed by atoms with van der Waals surface area (Å²) in [7, 11) is -4.16. The van der Waals surface area contributed by atoms with Gasteiger partial charge in [-0.1, -0.05) is 6.07 Å². The molecule has 1 aromatic heterocycles. The lowest BCUT2D eigenvalue weighted by Crippen LogP contribution is -2.13. The van der Waals surface area contributed by atoms with E-state index in [1.54, 1.807) is 0 Å². The Morgan fingerprint density at radius 2 is 1.95 bits per heavy atom. The van der Waals surface area contributed by atoms with Gasteiger partial charge in [0.2, 0.25) is 0 Å². The molecule has 0 amide bonds. The van der Waals surface area contributed by atoms with E-state index in [4.69, 9.17) is 5.11 Å². The smallest absolute Gasteiger partial charge is 0.341 e. The second-order valence-corrected chi connectivity index (χ2v) is 6.12. The lowest BCUT2D eigenvalue weighted by Gasteiger charge is -2.08. The summed E-state index contributed by atoms with van der Waals surface area (Å²) in [6.45, 7) is 0. The maximum atomic E-state index is 14.0. The second-order valence-electron chi connectivity index (χ2n) is 4.16. The number of carbonyl (C=O) groups is 1. The van der Waals surface area contributed by atoms with Gasteiger partial charge in [0.25, 0.3) is 0 Å². The number of hydrogen-bond donors (Lipinski definition) is 1. The van der Waals surface area contributed by atoms with E-state index in [1.807, 2.05) is 0 Å². The second kappa shape index (κ2) is 5.57. The van der Waals surface area contributed by atoms with Gasteiger partial charge in [-0.15, -0.1) is 0 Å². The van der Waals surface area contributed by atoms with E-state index in [9.17, 15) is 22.0 Å². The number of carboxylic acids is 1. The minimum atomic E-state index is -4.16. The fourth-order valence-electron chi connectivity index (χ4n) is 1.75. The van der Waals surface area contributed by atoms with Crippen molar-refractivity contribution >= 4 is 15.8 Å². The van der Waals surface area contributed by atoms with Gasteiger partial charge in [-0.05, 0) is 23.8 Å². The maximum Gasteiger partial charge on any atom is 0.341 e. The number of pyridine rings is 1. The molecular formula is C13H9F2NO4S. The quantitative estimate of drug-likeness (QED) is 0.873. The predicted octanol–water partition coefficient (Wildman–Crippen LogP) is 2.03. The van der Waals surface area contributed by atoms with Crippen molar-refractivity contribution in [2.75, 3.05) is 0 Å². The molecule has 5 nitrogen and oxygen atoms in total. The first-order chi connectivity index (χ1) is 9.83. The van der Waals surface area contributed by atoms with Crippen molar-refractivity contribution < 1.29 is 27.1 Å². The number of sulfone groups is 1. The Bertz CT molecular complexity index is 791. The van der Waals surface area contributed by atoms with Crippen LogP contribution in [-0.4, -0.2) is 24.5 Å². The Hall–Kier alpha value is -2.35. The molecule has 1 aromatic carbocycles. The molecule has 0 unspecified atom stereocenters. The van der Waals surface area contributed by atoms with E-state index in [0.29, 0.717) is 17.7 Å². The van der Waals surface area contributed by atoms with Crippen LogP contribution in [-0.2, 0) is 15.6 Å².